The predicted molar refractivity (Wildman–Crippen MR) is 215 cm³/mol. The van der Waals surface area contributed by atoms with Crippen LogP contribution in [0.5, 0.6) is 0 Å². The highest BCUT2D eigenvalue weighted by molar-refractivity contribution is 6.05. The number of carbonyl (C=O) groups excluding carboxylic acids is 1. The molecule has 7 aromatic carbocycles. The van der Waals surface area contributed by atoms with Crippen molar-refractivity contribution in [3.8, 4) is 55.6 Å². The van der Waals surface area contributed by atoms with Crippen LogP contribution in [0.1, 0.15) is 83.8 Å². The molecule has 7 aromatic rings. The highest BCUT2D eigenvalue weighted by Gasteiger charge is 2.37. The lowest BCUT2D eigenvalue weighted by Crippen LogP contribution is -2.14. The van der Waals surface area contributed by atoms with E-state index >= 15 is 0 Å². The molecule has 0 bridgehead atoms. The molecule has 3 aliphatic rings. The quantitative estimate of drug-likeness (QED) is 0.183. The highest BCUT2D eigenvalue weighted by atomic mass is 16.1. The fraction of sp³-hybridized carbons (Fsp3) is 0.157. The molecule has 0 aromatic heterocycles. The Morgan fingerprint density at radius 1 is 0.404 bits per heavy atom. The number of fused-ring (bicyclic) bond motifs is 9. The summed E-state index contributed by atoms with van der Waals surface area (Å²) in [7, 11) is 0. The van der Waals surface area contributed by atoms with Crippen molar-refractivity contribution in [3.63, 3.8) is 0 Å². The van der Waals surface area contributed by atoms with Crippen molar-refractivity contribution in [2.24, 2.45) is 0 Å². The maximum Gasteiger partial charge on any atom is 0.164 e. The number of Topliss-reactive ketones (excluding diaryl/α,β-unsaturated/α-hetero) is 1. The number of carbonyl (C=O) groups is 1. The van der Waals surface area contributed by atoms with E-state index < -0.39 is 0 Å². The summed E-state index contributed by atoms with van der Waals surface area (Å²) in [6, 6.07) is 55.5. The molecule has 1 nitrogen and oxygen atoms in total. The first-order valence-electron chi connectivity index (χ1n) is 18.6. The summed E-state index contributed by atoms with van der Waals surface area (Å²) in [6.45, 7) is 9.32. The van der Waals surface area contributed by atoms with E-state index in [9.17, 15) is 4.79 Å². The molecular formula is C51H40O. The summed E-state index contributed by atoms with van der Waals surface area (Å²) in [4.78, 5) is 14.0. The van der Waals surface area contributed by atoms with Gasteiger partial charge in [-0.15, -0.1) is 0 Å². The summed E-state index contributed by atoms with van der Waals surface area (Å²) in [5.41, 5.74) is 20.9. The van der Waals surface area contributed by atoms with Crippen LogP contribution in [0.25, 0.3) is 55.6 Å². The molecule has 0 heterocycles. The SMILES string of the molecule is CC1(C)c2ccccc2-c2cc(-c3ccc(C4CC(=O)c5ccccc5-c5cc(-c6ccc7c(c6)C(C)(C)c6ccccc6-7)ccc54)cc3)ccc21. The Balaban J connectivity index is 1.04. The van der Waals surface area contributed by atoms with Crippen LogP contribution in [-0.2, 0) is 10.8 Å². The van der Waals surface area contributed by atoms with Gasteiger partial charge < -0.3 is 0 Å². The molecule has 0 spiro atoms. The number of ketones is 1. The summed E-state index contributed by atoms with van der Waals surface area (Å²) >= 11 is 0. The van der Waals surface area contributed by atoms with Crippen LogP contribution >= 0.6 is 0 Å². The van der Waals surface area contributed by atoms with Gasteiger partial charge in [0, 0.05) is 28.7 Å². The largest absolute Gasteiger partial charge is 0.294 e. The second kappa shape index (κ2) is 11.1. The van der Waals surface area contributed by atoms with Gasteiger partial charge in [0.2, 0.25) is 0 Å². The van der Waals surface area contributed by atoms with Gasteiger partial charge in [-0.05, 0) is 107 Å². The van der Waals surface area contributed by atoms with E-state index in [4.69, 9.17) is 0 Å². The lowest BCUT2D eigenvalue weighted by Gasteiger charge is -2.22. The number of hydrogen-bond acceptors (Lipinski definition) is 1. The second-order valence-corrected chi connectivity index (χ2v) is 16.0. The van der Waals surface area contributed by atoms with Crippen LogP contribution in [0.3, 0.4) is 0 Å². The van der Waals surface area contributed by atoms with Gasteiger partial charge in [0.25, 0.3) is 0 Å². The Kier molecular flexibility index (Phi) is 6.62. The Labute approximate surface area is 306 Å². The second-order valence-electron chi connectivity index (χ2n) is 16.0. The first kappa shape index (κ1) is 31.0. The van der Waals surface area contributed by atoms with Crippen molar-refractivity contribution >= 4 is 5.78 Å². The van der Waals surface area contributed by atoms with Crippen molar-refractivity contribution in [1.29, 1.82) is 0 Å². The van der Waals surface area contributed by atoms with Crippen LogP contribution in [0.2, 0.25) is 0 Å². The molecule has 0 radical (unpaired) electrons. The van der Waals surface area contributed by atoms with Gasteiger partial charge in [-0.2, -0.15) is 0 Å². The fourth-order valence-corrected chi connectivity index (χ4v) is 9.63. The summed E-state index contributed by atoms with van der Waals surface area (Å²) in [6.07, 6.45) is 0.443. The molecule has 250 valence electrons. The minimum Gasteiger partial charge on any atom is -0.294 e. The molecule has 0 fully saturated rings. The van der Waals surface area contributed by atoms with Crippen molar-refractivity contribution in [3.05, 3.63) is 191 Å². The zero-order chi connectivity index (χ0) is 35.4. The Morgan fingerprint density at radius 2 is 0.885 bits per heavy atom. The lowest BCUT2D eigenvalue weighted by molar-refractivity contribution is 0.0979. The predicted octanol–water partition coefficient (Wildman–Crippen LogP) is 13.0. The first-order valence-corrected chi connectivity index (χ1v) is 18.6. The Bertz CT molecular complexity index is 2620. The molecule has 0 N–H and O–H groups in total. The normalized spacial score (nSPS) is 16.9. The van der Waals surface area contributed by atoms with Gasteiger partial charge in [0.05, 0.1) is 0 Å². The summed E-state index contributed by atoms with van der Waals surface area (Å²) < 4.78 is 0. The van der Waals surface area contributed by atoms with Crippen molar-refractivity contribution in [1.82, 2.24) is 0 Å². The molecule has 0 saturated heterocycles. The molecule has 52 heavy (non-hydrogen) atoms. The molecule has 0 aliphatic heterocycles. The monoisotopic (exact) mass is 668 g/mol. The minimum atomic E-state index is -0.0647. The average molecular weight is 669 g/mol. The van der Waals surface area contributed by atoms with Crippen LogP contribution in [-0.4, -0.2) is 5.78 Å². The van der Waals surface area contributed by atoms with Gasteiger partial charge in [-0.1, -0.05) is 161 Å². The summed E-state index contributed by atoms with van der Waals surface area (Å²) in [5.74, 6) is 0.151. The maximum atomic E-state index is 14.0. The molecule has 10 rings (SSSR count). The van der Waals surface area contributed by atoms with Crippen molar-refractivity contribution < 1.29 is 4.79 Å². The third kappa shape index (κ3) is 4.45. The number of hydrogen-bond donors (Lipinski definition) is 0. The van der Waals surface area contributed by atoms with Gasteiger partial charge in [-0.3, -0.25) is 4.79 Å². The lowest BCUT2D eigenvalue weighted by atomic mass is 9.81. The van der Waals surface area contributed by atoms with Crippen LogP contribution in [0.4, 0.5) is 0 Å². The minimum absolute atomic E-state index is 0.00579. The van der Waals surface area contributed by atoms with E-state index in [2.05, 4.69) is 167 Å². The van der Waals surface area contributed by atoms with E-state index in [0.717, 1.165) is 16.7 Å². The molecule has 0 saturated carbocycles. The molecule has 1 unspecified atom stereocenters. The molecule has 1 atom stereocenters. The van der Waals surface area contributed by atoms with E-state index in [1.54, 1.807) is 0 Å². The molecule has 1 heteroatoms. The van der Waals surface area contributed by atoms with Gasteiger partial charge >= 0.3 is 0 Å². The third-order valence-electron chi connectivity index (χ3n) is 12.5. The van der Waals surface area contributed by atoms with Crippen LogP contribution < -0.4 is 0 Å². The average Bonchev–Trinajstić information content (AvgIpc) is 3.49. The molecule has 3 aliphatic carbocycles. The smallest absolute Gasteiger partial charge is 0.164 e. The maximum absolute atomic E-state index is 14.0. The van der Waals surface area contributed by atoms with Crippen molar-refractivity contribution in [2.75, 3.05) is 0 Å². The number of benzene rings is 7. The highest BCUT2D eigenvalue weighted by Crippen LogP contribution is 2.51. The molecular weight excluding hydrogens is 629 g/mol. The van der Waals surface area contributed by atoms with Gasteiger partial charge in [0.15, 0.2) is 5.78 Å². The zero-order valence-corrected chi connectivity index (χ0v) is 30.1. The van der Waals surface area contributed by atoms with Gasteiger partial charge in [0.1, 0.15) is 0 Å². The topological polar surface area (TPSA) is 17.1 Å². The number of rotatable bonds is 3. The first-order chi connectivity index (χ1) is 25.2. The van der Waals surface area contributed by atoms with E-state index in [1.165, 1.54) is 77.9 Å². The Hall–Kier alpha value is -5.79. The third-order valence-corrected chi connectivity index (χ3v) is 12.5. The fourth-order valence-electron chi connectivity index (χ4n) is 9.63. The van der Waals surface area contributed by atoms with Crippen LogP contribution in [0, 0.1) is 0 Å². The molecule has 0 amide bonds. The summed E-state index contributed by atoms with van der Waals surface area (Å²) in [5, 5.41) is 0. The van der Waals surface area contributed by atoms with E-state index in [0.29, 0.717) is 6.42 Å². The zero-order valence-electron chi connectivity index (χ0n) is 30.1. The van der Waals surface area contributed by atoms with Crippen molar-refractivity contribution in [2.45, 2.75) is 50.9 Å². The van der Waals surface area contributed by atoms with E-state index in [1.807, 2.05) is 12.1 Å². The standard InChI is InChI=1S/C51H40O/c1-50(2)46-16-10-8-13-39(46)44-28-33(23-26-47(44)50)31-17-19-32(20-18-31)42-30-49(52)41-14-6-5-11-36(41)43-27-34(21-24-37(42)43)35-22-25-40-38-12-7-9-15-45(38)51(3,4)48(40)29-35/h5-29,42H,30H2,1-4H3. The van der Waals surface area contributed by atoms with Crippen LogP contribution in [0.15, 0.2) is 152 Å². The Morgan fingerprint density at radius 3 is 1.62 bits per heavy atom. The van der Waals surface area contributed by atoms with E-state index in [-0.39, 0.29) is 22.5 Å². The van der Waals surface area contributed by atoms with Gasteiger partial charge in [-0.25, -0.2) is 0 Å².